The Bertz CT molecular complexity index is 389. The normalized spacial score (nSPS) is 19.9. The first-order valence-electron chi connectivity index (χ1n) is 5.15. The van der Waals surface area contributed by atoms with E-state index in [1.54, 1.807) is 0 Å². The van der Waals surface area contributed by atoms with E-state index in [1.165, 1.54) is 17.9 Å². The summed E-state index contributed by atoms with van der Waals surface area (Å²) in [5.41, 5.74) is 2.95. The first kappa shape index (κ1) is 10.4. The van der Waals surface area contributed by atoms with Gasteiger partial charge in [0.15, 0.2) is 0 Å². The molecule has 1 unspecified atom stereocenters. The molecule has 1 aliphatic heterocycles. The number of benzene rings is 1. The van der Waals surface area contributed by atoms with Gasteiger partial charge in [-0.1, -0.05) is 6.07 Å². The number of nitriles is 1. The largest absolute Gasteiger partial charge is 0.381 e. The summed E-state index contributed by atoms with van der Waals surface area (Å²) >= 11 is 1.99. The van der Waals surface area contributed by atoms with Crippen molar-refractivity contribution in [2.45, 2.75) is 19.4 Å². The van der Waals surface area contributed by atoms with Gasteiger partial charge in [-0.25, -0.2) is 0 Å². The first-order valence-corrected chi connectivity index (χ1v) is 6.30. The predicted octanol–water partition coefficient (Wildman–Crippen LogP) is 2.78. The molecule has 1 aliphatic rings. The molecule has 1 saturated heterocycles. The summed E-state index contributed by atoms with van der Waals surface area (Å²) in [5, 5.41) is 12.4. The quantitative estimate of drug-likeness (QED) is 0.829. The van der Waals surface area contributed by atoms with Gasteiger partial charge in [0, 0.05) is 17.5 Å². The Morgan fingerprint density at radius 2 is 2.40 bits per heavy atom. The highest BCUT2D eigenvalue weighted by atomic mass is 32.2. The van der Waals surface area contributed by atoms with Gasteiger partial charge in [0.2, 0.25) is 0 Å². The van der Waals surface area contributed by atoms with Crippen LogP contribution in [0.25, 0.3) is 0 Å². The number of hydrogen-bond acceptors (Lipinski definition) is 3. The van der Waals surface area contributed by atoms with Crippen molar-refractivity contribution in [2.75, 3.05) is 16.8 Å². The fourth-order valence-corrected chi connectivity index (χ4v) is 2.93. The van der Waals surface area contributed by atoms with Crippen molar-refractivity contribution < 1.29 is 0 Å². The predicted molar refractivity (Wildman–Crippen MR) is 65.2 cm³/mol. The minimum absolute atomic E-state index is 0.572. The molecule has 0 saturated carbocycles. The minimum Gasteiger partial charge on any atom is -0.381 e. The van der Waals surface area contributed by atoms with E-state index in [2.05, 4.69) is 17.5 Å². The molecular formula is C12H14N2S. The molecule has 1 aromatic rings. The van der Waals surface area contributed by atoms with Crippen LogP contribution in [0.1, 0.15) is 17.5 Å². The topological polar surface area (TPSA) is 35.8 Å². The maximum atomic E-state index is 8.92. The highest BCUT2D eigenvalue weighted by Crippen LogP contribution is 2.24. The Labute approximate surface area is 94.7 Å². The van der Waals surface area contributed by atoms with Crippen molar-refractivity contribution in [3.63, 3.8) is 0 Å². The van der Waals surface area contributed by atoms with Crippen LogP contribution in [0.15, 0.2) is 18.2 Å². The van der Waals surface area contributed by atoms with E-state index in [0.717, 1.165) is 16.8 Å². The molecule has 0 bridgehead atoms. The second kappa shape index (κ2) is 4.59. The van der Waals surface area contributed by atoms with Crippen LogP contribution in [0.3, 0.4) is 0 Å². The van der Waals surface area contributed by atoms with Crippen LogP contribution in [-0.2, 0) is 0 Å². The van der Waals surface area contributed by atoms with Gasteiger partial charge in [-0.3, -0.25) is 0 Å². The van der Waals surface area contributed by atoms with Crippen molar-refractivity contribution in [2.24, 2.45) is 0 Å². The number of nitrogens with zero attached hydrogens (tertiary/aromatic N) is 1. The van der Waals surface area contributed by atoms with E-state index in [1.807, 2.05) is 30.8 Å². The van der Waals surface area contributed by atoms with Crippen LogP contribution in [0.2, 0.25) is 0 Å². The molecule has 0 radical (unpaired) electrons. The van der Waals surface area contributed by atoms with E-state index in [4.69, 9.17) is 5.26 Å². The average molecular weight is 218 g/mol. The van der Waals surface area contributed by atoms with Crippen LogP contribution in [-0.4, -0.2) is 17.5 Å². The monoisotopic (exact) mass is 218 g/mol. The Morgan fingerprint density at radius 3 is 3.07 bits per heavy atom. The van der Waals surface area contributed by atoms with Gasteiger partial charge in [-0.15, -0.1) is 0 Å². The van der Waals surface area contributed by atoms with E-state index >= 15 is 0 Å². The van der Waals surface area contributed by atoms with Crippen molar-refractivity contribution >= 4 is 17.4 Å². The lowest BCUT2D eigenvalue weighted by molar-refractivity contribution is 0.811. The molecule has 1 fully saturated rings. The summed E-state index contributed by atoms with van der Waals surface area (Å²) in [7, 11) is 0. The van der Waals surface area contributed by atoms with Crippen molar-refractivity contribution in [3.8, 4) is 6.07 Å². The van der Waals surface area contributed by atoms with Crippen LogP contribution < -0.4 is 5.32 Å². The molecule has 0 spiro atoms. The third-order valence-corrected chi connectivity index (χ3v) is 3.91. The number of rotatable bonds is 2. The van der Waals surface area contributed by atoms with E-state index < -0.39 is 0 Å². The van der Waals surface area contributed by atoms with Crippen molar-refractivity contribution in [1.82, 2.24) is 0 Å². The lowest BCUT2D eigenvalue weighted by atomic mass is 10.1. The van der Waals surface area contributed by atoms with Gasteiger partial charge in [0.1, 0.15) is 0 Å². The van der Waals surface area contributed by atoms with Crippen LogP contribution in [0, 0.1) is 18.3 Å². The third-order valence-electron chi connectivity index (χ3n) is 2.74. The summed E-state index contributed by atoms with van der Waals surface area (Å²) < 4.78 is 0. The number of nitrogens with one attached hydrogen (secondary N) is 1. The van der Waals surface area contributed by atoms with Gasteiger partial charge in [0.25, 0.3) is 0 Å². The van der Waals surface area contributed by atoms with Crippen LogP contribution in [0.4, 0.5) is 5.69 Å². The molecule has 2 nitrogen and oxygen atoms in total. The summed E-state index contributed by atoms with van der Waals surface area (Å²) in [4.78, 5) is 0. The summed E-state index contributed by atoms with van der Waals surface area (Å²) in [6.45, 7) is 2.00. The fourth-order valence-electron chi connectivity index (χ4n) is 1.78. The van der Waals surface area contributed by atoms with Gasteiger partial charge in [-0.05, 0) is 36.8 Å². The molecule has 0 amide bonds. The molecule has 1 N–H and O–H groups in total. The van der Waals surface area contributed by atoms with Gasteiger partial charge in [-0.2, -0.15) is 17.0 Å². The second-order valence-electron chi connectivity index (χ2n) is 3.79. The van der Waals surface area contributed by atoms with Gasteiger partial charge >= 0.3 is 0 Å². The molecule has 78 valence electrons. The Balaban J connectivity index is 2.17. The fraction of sp³-hybridized carbons (Fsp3) is 0.417. The Hall–Kier alpha value is -1.14. The Kier molecular flexibility index (Phi) is 3.17. The standard InChI is InChI=1S/C12H14N2S/c1-9-10(7-13)3-2-4-12(9)14-11-5-6-15-8-11/h2-4,11,14H,5-6,8H2,1H3. The molecule has 1 atom stereocenters. The highest BCUT2D eigenvalue weighted by molar-refractivity contribution is 7.99. The minimum atomic E-state index is 0.572. The maximum Gasteiger partial charge on any atom is 0.0995 e. The molecular weight excluding hydrogens is 204 g/mol. The third kappa shape index (κ3) is 2.27. The van der Waals surface area contributed by atoms with Crippen LogP contribution >= 0.6 is 11.8 Å². The molecule has 3 heteroatoms. The number of hydrogen-bond donors (Lipinski definition) is 1. The molecule has 2 rings (SSSR count). The second-order valence-corrected chi connectivity index (χ2v) is 4.94. The number of anilines is 1. The maximum absolute atomic E-state index is 8.92. The average Bonchev–Trinajstić information content (AvgIpc) is 2.74. The van der Waals surface area contributed by atoms with Crippen molar-refractivity contribution in [1.29, 1.82) is 5.26 Å². The summed E-state index contributed by atoms with van der Waals surface area (Å²) in [6.07, 6.45) is 1.22. The zero-order valence-electron chi connectivity index (χ0n) is 8.79. The van der Waals surface area contributed by atoms with E-state index in [9.17, 15) is 0 Å². The van der Waals surface area contributed by atoms with Gasteiger partial charge < -0.3 is 5.32 Å². The van der Waals surface area contributed by atoms with Crippen molar-refractivity contribution in [3.05, 3.63) is 29.3 Å². The lowest BCUT2D eigenvalue weighted by Crippen LogP contribution is -2.18. The summed E-state index contributed by atoms with van der Waals surface area (Å²) in [6, 6.07) is 8.65. The summed E-state index contributed by atoms with van der Waals surface area (Å²) in [5.74, 6) is 2.42. The molecule has 0 aromatic heterocycles. The molecule has 1 aromatic carbocycles. The van der Waals surface area contributed by atoms with Gasteiger partial charge in [0.05, 0.1) is 11.6 Å². The zero-order chi connectivity index (χ0) is 10.7. The highest BCUT2D eigenvalue weighted by Gasteiger charge is 2.16. The smallest absolute Gasteiger partial charge is 0.0995 e. The molecule has 0 aliphatic carbocycles. The number of thioether (sulfide) groups is 1. The first-order chi connectivity index (χ1) is 7.31. The zero-order valence-corrected chi connectivity index (χ0v) is 9.60. The molecule has 15 heavy (non-hydrogen) atoms. The lowest BCUT2D eigenvalue weighted by Gasteiger charge is -2.15. The van der Waals surface area contributed by atoms with Crippen LogP contribution in [0.5, 0.6) is 0 Å². The Morgan fingerprint density at radius 1 is 1.53 bits per heavy atom. The van der Waals surface area contributed by atoms with E-state index in [0.29, 0.717) is 6.04 Å². The van der Waals surface area contributed by atoms with E-state index in [-0.39, 0.29) is 0 Å². The molecule has 1 heterocycles. The SMILES string of the molecule is Cc1c(C#N)cccc1NC1CCSC1.